The van der Waals surface area contributed by atoms with Gasteiger partial charge in [0.2, 0.25) is 0 Å². The first-order valence-corrected chi connectivity index (χ1v) is 11.3. The number of oxazole rings is 1. The number of carbonyl (C=O) groups excluding carboxylic acids is 1. The summed E-state index contributed by atoms with van der Waals surface area (Å²) in [6.45, 7) is 7.61. The Morgan fingerprint density at radius 3 is 2.45 bits per heavy atom. The van der Waals surface area contributed by atoms with Crippen molar-refractivity contribution >= 4 is 28.7 Å². The molecule has 0 aliphatic carbocycles. The number of aromatic nitrogens is 1. The zero-order valence-corrected chi connectivity index (χ0v) is 19.1. The van der Waals surface area contributed by atoms with Crippen LogP contribution in [0.15, 0.2) is 34.7 Å². The van der Waals surface area contributed by atoms with Crippen molar-refractivity contribution in [3.05, 3.63) is 41.5 Å². The van der Waals surface area contributed by atoms with Crippen LogP contribution in [0.3, 0.4) is 0 Å². The molecule has 0 unspecified atom stereocenters. The van der Waals surface area contributed by atoms with Gasteiger partial charge >= 0.3 is 0 Å². The van der Waals surface area contributed by atoms with Gasteiger partial charge in [0.25, 0.3) is 11.9 Å². The third-order valence-corrected chi connectivity index (χ3v) is 5.77. The number of piperidine rings is 1. The lowest BCUT2D eigenvalue weighted by molar-refractivity contribution is 0.100. The van der Waals surface area contributed by atoms with Crippen LogP contribution in [0.5, 0.6) is 11.5 Å². The van der Waals surface area contributed by atoms with Gasteiger partial charge in [-0.25, -0.2) is 0 Å². The summed E-state index contributed by atoms with van der Waals surface area (Å²) in [6, 6.07) is 9.82. The van der Waals surface area contributed by atoms with Crippen molar-refractivity contribution in [1.82, 2.24) is 9.88 Å². The maximum atomic E-state index is 11.6. The summed E-state index contributed by atoms with van der Waals surface area (Å²) in [5, 5.41) is 3.37. The molecule has 4 rings (SSSR count). The van der Waals surface area contributed by atoms with E-state index in [0.29, 0.717) is 53.1 Å². The molecule has 1 aliphatic heterocycles. The van der Waals surface area contributed by atoms with Crippen molar-refractivity contribution in [2.45, 2.75) is 39.3 Å². The maximum Gasteiger partial charge on any atom is 0.295 e. The number of nitrogen functional groups attached to an aromatic ring is 1. The number of carbonyl (C=O) groups is 1. The van der Waals surface area contributed by atoms with Crippen LogP contribution in [0.25, 0.3) is 11.1 Å². The first kappa shape index (κ1) is 22.7. The van der Waals surface area contributed by atoms with Crippen LogP contribution in [0.1, 0.15) is 42.6 Å². The Morgan fingerprint density at radius 1 is 1.18 bits per heavy atom. The summed E-state index contributed by atoms with van der Waals surface area (Å²) in [5.74, 6) is 0.819. The van der Waals surface area contributed by atoms with Crippen LogP contribution in [0, 0.1) is 0 Å². The number of hydrogen-bond donors (Lipinski definition) is 3. The number of rotatable bonds is 9. The molecule has 0 saturated carbocycles. The van der Waals surface area contributed by atoms with E-state index in [1.54, 1.807) is 18.2 Å². The van der Waals surface area contributed by atoms with Crippen molar-refractivity contribution in [3.8, 4) is 11.5 Å². The number of fused-ring (bicyclic) bond motifs is 1. The topological polar surface area (TPSA) is 129 Å². The largest absolute Gasteiger partial charge is 0.492 e. The SMILES string of the molecule is CCOc1cc(CN2CCC(Nc3nc4c(C(N)=O)cccc4o3)CC2)cc(OCC)c1N. The van der Waals surface area contributed by atoms with Gasteiger partial charge in [-0.15, -0.1) is 0 Å². The molecule has 0 radical (unpaired) electrons. The average Bonchev–Trinajstić information content (AvgIpc) is 3.21. The van der Waals surface area contributed by atoms with Gasteiger partial charge in [0.1, 0.15) is 22.7 Å². The Labute approximate surface area is 193 Å². The molecule has 1 amide bonds. The summed E-state index contributed by atoms with van der Waals surface area (Å²) >= 11 is 0. The average molecular weight is 454 g/mol. The number of para-hydroxylation sites is 1. The van der Waals surface area contributed by atoms with E-state index in [1.165, 1.54) is 0 Å². The van der Waals surface area contributed by atoms with Crippen LogP contribution in [-0.4, -0.2) is 48.1 Å². The molecule has 0 bridgehead atoms. The predicted molar refractivity (Wildman–Crippen MR) is 128 cm³/mol. The fraction of sp³-hybridized carbons (Fsp3) is 0.417. The van der Waals surface area contributed by atoms with Gasteiger partial charge in [0.05, 0.1) is 18.8 Å². The molecule has 1 aromatic heterocycles. The number of primary amides is 1. The molecule has 1 fully saturated rings. The molecule has 9 heteroatoms. The molecule has 0 spiro atoms. The fourth-order valence-corrected chi connectivity index (χ4v) is 4.17. The number of nitrogens with zero attached hydrogens (tertiary/aromatic N) is 2. The number of ether oxygens (including phenoxy) is 2. The Kier molecular flexibility index (Phi) is 6.88. The molecule has 1 aliphatic rings. The molecule has 176 valence electrons. The van der Waals surface area contributed by atoms with Gasteiger partial charge in [0, 0.05) is 25.7 Å². The summed E-state index contributed by atoms with van der Waals surface area (Å²) in [5.41, 5.74) is 14.7. The van der Waals surface area contributed by atoms with Crippen LogP contribution >= 0.6 is 0 Å². The van der Waals surface area contributed by atoms with Crippen molar-refractivity contribution in [3.63, 3.8) is 0 Å². The Morgan fingerprint density at radius 2 is 1.85 bits per heavy atom. The van der Waals surface area contributed by atoms with Crippen molar-refractivity contribution < 1.29 is 18.7 Å². The van der Waals surface area contributed by atoms with Crippen LogP contribution < -0.4 is 26.3 Å². The van der Waals surface area contributed by atoms with Crippen LogP contribution in [0.2, 0.25) is 0 Å². The molecule has 1 saturated heterocycles. The van der Waals surface area contributed by atoms with Gasteiger partial charge in [-0.1, -0.05) is 6.07 Å². The minimum absolute atomic E-state index is 0.232. The highest BCUT2D eigenvalue weighted by atomic mass is 16.5. The van der Waals surface area contributed by atoms with E-state index < -0.39 is 5.91 Å². The molecule has 3 aromatic rings. The number of likely N-dealkylation sites (tertiary alicyclic amines) is 1. The zero-order valence-electron chi connectivity index (χ0n) is 19.1. The van der Waals surface area contributed by atoms with E-state index in [-0.39, 0.29) is 6.04 Å². The second kappa shape index (κ2) is 9.99. The Balaban J connectivity index is 1.38. The first-order chi connectivity index (χ1) is 16.0. The van der Waals surface area contributed by atoms with E-state index in [1.807, 2.05) is 26.0 Å². The predicted octanol–water partition coefficient (Wildman–Crippen LogP) is 3.38. The zero-order chi connectivity index (χ0) is 23.4. The molecular weight excluding hydrogens is 422 g/mol. The smallest absolute Gasteiger partial charge is 0.295 e. The highest BCUT2D eigenvalue weighted by Crippen LogP contribution is 2.34. The summed E-state index contributed by atoms with van der Waals surface area (Å²) < 4.78 is 17.2. The van der Waals surface area contributed by atoms with Crippen LogP contribution in [-0.2, 0) is 6.54 Å². The molecular formula is C24H31N5O4. The highest BCUT2D eigenvalue weighted by molar-refractivity contribution is 6.03. The second-order valence-corrected chi connectivity index (χ2v) is 8.10. The fourth-order valence-electron chi connectivity index (χ4n) is 4.17. The van der Waals surface area contributed by atoms with Gasteiger partial charge in [-0.2, -0.15) is 4.98 Å². The molecule has 5 N–H and O–H groups in total. The van der Waals surface area contributed by atoms with Gasteiger partial charge in [-0.05, 0) is 56.5 Å². The molecule has 2 heterocycles. The lowest BCUT2D eigenvalue weighted by Crippen LogP contribution is -2.38. The van der Waals surface area contributed by atoms with E-state index in [2.05, 4.69) is 15.2 Å². The quantitative estimate of drug-likeness (QED) is 0.421. The Bertz CT molecular complexity index is 1090. The number of nitrogens with one attached hydrogen (secondary N) is 1. The minimum Gasteiger partial charge on any atom is -0.492 e. The van der Waals surface area contributed by atoms with Gasteiger partial charge in [0.15, 0.2) is 5.58 Å². The third kappa shape index (κ3) is 5.14. The van der Waals surface area contributed by atoms with E-state index in [4.69, 9.17) is 25.4 Å². The second-order valence-electron chi connectivity index (χ2n) is 8.10. The first-order valence-electron chi connectivity index (χ1n) is 11.3. The molecule has 2 aromatic carbocycles. The normalized spacial score (nSPS) is 15.0. The van der Waals surface area contributed by atoms with Crippen molar-refractivity contribution in [2.24, 2.45) is 5.73 Å². The summed E-state index contributed by atoms with van der Waals surface area (Å²) in [4.78, 5) is 18.5. The number of amides is 1. The van der Waals surface area contributed by atoms with E-state index in [0.717, 1.165) is 38.0 Å². The molecule has 33 heavy (non-hydrogen) atoms. The standard InChI is InChI=1S/C24H31N5O4/c1-3-31-19-12-15(13-20(21(19)25)32-4-2)14-29-10-8-16(9-11-29)27-24-28-22-17(23(26)30)6-5-7-18(22)33-24/h5-7,12-13,16H,3-4,8-11,14,25H2,1-2H3,(H2,26,30)(H,27,28). The number of nitrogens with two attached hydrogens (primary N) is 2. The third-order valence-electron chi connectivity index (χ3n) is 5.77. The van der Waals surface area contributed by atoms with Gasteiger partial charge < -0.3 is 30.7 Å². The summed E-state index contributed by atoms with van der Waals surface area (Å²) in [6.07, 6.45) is 1.88. The van der Waals surface area contributed by atoms with Crippen molar-refractivity contribution in [2.75, 3.05) is 37.4 Å². The number of anilines is 2. The Hall–Kier alpha value is -3.46. The number of hydrogen-bond acceptors (Lipinski definition) is 8. The molecule has 0 atom stereocenters. The maximum absolute atomic E-state index is 11.6. The monoisotopic (exact) mass is 453 g/mol. The van der Waals surface area contributed by atoms with Gasteiger partial charge in [-0.3, -0.25) is 9.69 Å². The van der Waals surface area contributed by atoms with E-state index in [9.17, 15) is 4.79 Å². The lowest BCUT2D eigenvalue weighted by atomic mass is 10.0. The van der Waals surface area contributed by atoms with Crippen LogP contribution in [0.4, 0.5) is 11.7 Å². The molecule has 9 nitrogen and oxygen atoms in total. The van der Waals surface area contributed by atoms with Crippen molar-refractivity contribution in [1.29, 1.82) is 0 Å². The van der Waals surface area contributed by atoms with E-state index >= 15 is 0 Å². The lowest BCUT2D eigenvalue weighted by Gasteiger charge is -2.32. The summed E-state index contributed by atoms with van der Waals surface area (Å²) in [7, 11) is 0. The highest BCUT2D eigenvalue weighted by Gasteiger charge is 2.22. The minimum atomic E-state index is -0.517. The number of benzene rings is 2.